The second kappa shape index (κ2) is 11.5. The molecule has 0 radical (unpaired) electrons. The lowest BCUT2D eigenvalue weighted by Crippen LogP contribution is -2.40. The van der Waals surface area contributed by atoms with E-state index in [0.29, 0.717) is 40.3 Å². The Hall–Kier alpha value is -3.42. The number of hydrogen-bond donors (Lipinski definition) is 0. The number of methoxy groups -OCH3 is 3. The summed E-state index contributed by atoms with van der Waals surface area (Å²) in [6, 6.07) is 8.44. The minimum atomic E-state index is -3.95. The van der Waals surface area contributed by atoms with E-state index in [1.807, 2.05) is 0 Å². The smallest absolute Gasteiger partial charge is 0.326 e. The van der Waals surface area contributed by atoms with Crippen molar-refractivity contribution in [3.05, 3.63) is 41.2 Å². The van der Waals surface area contributed by atoms with Crippen molar-refractivity contribution < 1.29 is 37.0 Å². The fourth-order valence-corrected chi connectivity index (χ4v) is 7.14. The average molecular weight is 564 g/mol. The molecule has 1 atom stereocenters. The Kier molecular flexibility index (Phi) is 8.38. The highest BCUT2D eigenvalue weighted by Gasteiger charge is 2.39. The van der Waals surface area contributed by atoms with E-state index < -0.39 is 27.9 Å². The third-order valence-corrected chi connectivity index (χ3v) is 9.16. The number of rotatable bonds is 9. The Morgan fingerprint density at radius 3 is 2.34 bits per heavy atom. The van der Waals surface area contributed by atoms with Crippen molar-refractivity contribution >= 4 is 43.5 Å². The maximum Gasteiger partial charge on any atom is 0.326 e. The normalized spacial score (nSPS) is 16.5. The molecule has 2 heterocycles. The van der Waals surface area contributed by atoms with Crippen molar-refractivity contribution in [3.8, 4) is 17.2 Å². The minimum Gasteiger partial charge on any atom is -0.497 e. The summed E-state index contributed by atoms with van der Waals surface area (Å²) in [5.74, 6) is 0.355. The van der Waals surface area contributed by atoms with Crippen LogP contribution in [0.3, 0.4) is 0 Å². The maximum absolute atomic E-state index is 13.5. The number of esters is 1. The number of carbonyl (C=O) groups is 2. The van der Waals surface area contributed by atoms with E-state index in [-0.39, 0.29) is 29.4 Å². The average Bonchev–Trinajstić information content (AvgIpc) is 3.55. The first-order valence-corrected chi connectivity index (χ1v) is 14.1. The zero-order chi connectivity index (χ0) is 27.4. The number of fused-ring (bicyclic) bond motifs is 1. The molecule has 0 bridgehead atoms. The van der Waals surface area contributed by atoms with Crippen LogP contribution in [-0.2, 0) is 30.9 Å². The fraction of sp³-hybridized carbons (Fsp3) is 0.400. The van der Waals surface area contributed by atoms with E-state index in [2.05, 4.69) is 4.99 Å². The van der Waals surface area contributed by atoms with Crippen molar-refractivity contribution in [3.63, 3.8) is 0 Å². The highest BCUT2D eigenvalue weighted by molar-refractivity contribution is 7.89. The van der Waals surface area contributed by atoms with Crippen LogP contribution in [0.2, 0.25) is 0 Å². The van der Waals surface area contributed by atoms with Gasteiger partial charge in [-0.05, 0) is 56.2 Å². The third-order valence-electron chi connectivity index (χ3n) is 6.15. The molecule has 11 nitrogen and oxygen atoms in total. The minimum absolute atomic E-state index is 0.0618. The lowest BCUT2D eigenvalue weighted by atomic mass is 10.2. The Bertz CT molecular complexity index is 1510. The molecule has 1 amide bonds. The van der Waals surface area contributed by atoms with Crippen LogP contribution in [0, 0.1) is 0 Å². The lowest BCUT2D eigenvalue weighted by Gasteiger charge is -2.21. The predicted molar refractivity (Wildman–Crippen MR) is 140 cm³/mol. The summed E-state index contributed by atoms with van der Waals surface area (Å²) < 4.78 is 51.4. The lowest BCUT2D eigenvalue weighted by molar-refractivity contribution is -0.143. The maximum atomic E-state index is 13.5. The number of carbonyl (C=O) groups excluding carboxylic acids is 2. The predicted octanol–water partition coefficient (Wildman–Crippen LogP) is 2.57. The molecule has 2 aromatic carbocycles. The van der Waals surface area contributed by atoms with Crippen LogP contribution in [-0.4, -0.2) is 69.7 Å². The van der Waals surface area contributed by atoms with Crippen LogP contribution in [0.15, 0.2) is 46.3 Å². The summed E-state index contributed by atoms with van der Waals surface area (Å²) in [5, 5.41) is 0. The van der Waals surface area contributed by atoms with Crippen molar-refractivity contribution in [1.29, 1.82) is 0 Å². The molecule has 0 saturated carbocycles. The van der Waals surface area contributed by atoms with Crippen LogP contribution in [0.4, 0.5) is 0 Å². The zero-order valence-electron chi connectivity index (χ0n) is 21.5. The molecule has 4 rings (SSSR count). The van der Waals surface area contributed by atoms with Gasteiger partial charge in [-0.15, -0.1) is 0 Å². The number of ether oxygens (including phenoxy) is 4. The molecule has 13 heteroatoms. The summed E-state index contributed by atoms with van der Waals surface area (Å²) in [4.78, 5) is 30.5. The molecule has 1 aliphatic heterocycles. The number of benzene rings is 2. The first-order valence-electron chi connectivity index (χ1n) is 11.9. The third kappa shape index (κ3) is 5.26. The highest BCUT2D eigenvalue weighted by atomic mass is 32.2. The molecule has 204 valence electrons. The Balaban J connectivity index is 1.78. The van der Waals surface area contributed by atoms with Crippen LogP contribution >= 0.6 is 11.3 Å². The molecule has 0 spiro atoms. The van der Waals surface area contributed by atoms with E-state index in [1.165, 1.54) is 42.3 Å². The van der Waals surface area contributed by atoms with Gasteiger partial charge in [-0.3, -0.25) is 9.59 Å². The van der Waals surface area contributed by atoms with Gasteiger partial charge < -0.3 is 23.5 Å². The SMILES string of the molecule is CCOC(=O)Cn1c(=NC(=O)C2CCCN2S(=O)(=O)c2ccc(OC)cc2)sc2c(OC)ccc(OC)c21. The number of hydrogen-bond acceptors (Lipinski definition) is 9. The van der Waals surface area contributed by atoms with Crippen molar-refractivity contribution in [2.75, 3.05) is 34.5 Å². The zero-order valence-corrected chi connectivity index (χ0v) is 23.1. The van der Waals surface area contributed by atoms with Gasteiger partial charge in [0.05, 0.1) is 32.8 Å². The molecule has 0 N–H and O–H groups in total. The Labute approximate surface area is 224 Å². The van der Waals surface area contributed by atoms with Crippen molar-refractivity contribution in [2.24, 2.45) is 4.99 Å². The summed E-state index contributed by atoms with van der Waals surface area (Å²) >= 11 is 1.14. The number of thiazole rings is 1. The first-order chi connectivity index (χ1) is 18.2. The molecule has 3 aromatic rings. The topological polar surface area (TPSA) is 126 Å². The van der Waals surface area contributed by atoms with Crippen molar-refractivity contribution in [2.45, 2.75) is 37.2 Å². The molecule has 1 unspecified atom stereocenters. The summed E-state index contributed by atoms with van der Waals surface area (Å²) in [6.45, 7) is 1.86. The number of sulfonamides is 1. The summed E-state index contributed by atoms with van der Waals surface area (Å²) in [5.41, 5.74) is 0.519. The van der Waals surface area contributed by atoms with Gasteiger partial charge in [-0.1, -0.05) is 11.3 Å². The molecule has 0 aliphatic carbocycles. The van der Waals surface area contributed by atoms with Gasteiger partial charge in [0.15, 0.2) is 4.80 Å². The van der Waals surface area contributed by atoms with E-state index in [1.54, 1.807) is 31.2 Å². The van der Waals surface area contributed by atoms with Gasteiger partial charge in [-0.25, -0.2) is 8.42 Å². The number of amides is 1. The monoisotopic (exact) mass is 563 g/mol. The number of nitrogens with zero attached hydrogens (tertiary/aromatic N) is 3. The molecule has 1 aromatic heterocycles. The van der Waals surface area contributed by atoms with Crippen LogP contribution in [0.25, 0.3) is 10.2 Å². The largest absolute Gasteiger partial charge is 0.497 e. The summed E-state index contributed by atoms with van der Waals surface area (Å²) in [7, 11) is 0.549. The van der Waals surface area contributed by atoms with Gasteiger partial charge in [0, 0.05) is 6.54 Å². The second-order valence-corrected chi connectivity index (χ2v) is 11.2. The van der Waals surface area contributed by atoms with Crippen molar-refractivity contribution in [1.82, 2.24) is 8.87 Å². The second-order valence-electron chi connectivity index (χ2n) is 8.32. The molecular weight excluding hydrogens is 534 g/mol. The quantitative estimate of drug-likeness (QED) is 0.364. The first kappa shape index (κ1) is 27.6. The fourth-order valence-electron chi connectivity index (χ4n) is 4.35. The highest BCUT2D eigenvalue weighted by Crippen LogP contribution is 2.35. The molecule has 1 fully saturated rings. The Morgan fingerprint density at radius 1 is 1.03 bits per heavy atom. The Morgan fingerprint density at radius 2 is 1.71 bits per heavy atom. The molecular formula is C25H29N3O8S2. The van der Waals surface area contributed by atoms with Gasteiger partial charge >= 0.3 is 5.97 Å². The molecule has 1 aliphatic rings. The van der Waals surface area contributed by atoms with Crippen LogP contribution < -0.4 is 19.0 Å². The van der Waals surface area contributed by atoms with Gasteiger partial charge in [-0.2, -0.15) is 9.30 Å². The van der Waals surface area contributed by atoms with E-state index in [4.69, 9.17) is 18.9 Å². The van der Waals surface area contributed by atoms with E-state index >= 15 is 0 Å². The molecule has 38 heavy (non-hydrogen) atoms. The van der Waals surface area contributed by atoms with Crippen LogP contribution in [0.5, 0.6) is 17.2 Å². The van der Waals surface area contributed by atoms with E-state index in [9.17, 15) is 18.0 Å². The van der Waals surface area contributed by atoms with Crippen LogP contribution in [0.1, 0.15) is 19.8 Å². The van der Waals surface area contributed by atoms with E-state index in [0.717, 1.165) is 11.3 Å². The standard InChI is InChI=1S/C25H29N3O8S2/c1-5-36-21(29)15-27-22-19(34-3)12-13-20(35-4)23(22)37-25(27)26-24(30)18-7-6-14-28(18)38(31,32)17-10-8-16(33-2)9-11-17/h8-13,18H,5-7,14-15H2,1-4H3. The van der Waals surface area contributed by atoms with Gasteiger partial charge in [0.25, 0.3) is 5.91 Å². The number of aromatic nitrogens is 1. The molecule has 1 saturated heterocycles. The van der Waals surface area contributed by atoms with Gasteiger partial charge in [0.2, 0.25) is 10.0 Å². The van der Waals surface area contributed by atoms with Gasteiger partial charge in [0.1, 0.15) is 40.1 Å². The summed E-state index contributed by atoms with van der Waals surface area (Å²) in [6.07, 6.45) is 0.839.